The van der Waals surface area contributed by atoms with Gasteiger partial charge in [-0.3, -0.25) is 0 Å². The van der Waals surface area contributed by atoms with Gasteiger partial charge in [-0.15, -0.1) is 0 Å². The van der Waals surface area contributed by atoms with Crippen molar-refractivity contribution in [1.29, 1.82) is 0 Å². The molecule has 0 aromatic heterocycles. The molecule has 0 aliphatic rings. The van der Waals surface area contributed by atoms with E-state index >= 15 is 0 Å². The molecule has 1 atom stereocenters. The predicted octanol–water partition coefficient (Wildman–Crippen LogP) is 1.34. The highest BCUT2D eigenvalue weighted by molar-refractivity contribution is 7.88. The summed E-state index contributed by atoms with van der Waals surface area (Å²) in [6.07, 6.45) is 1.17. The van der Waals surface area contributed by atoms with Crippen LogP contribution in [0, 0.1) is 0 Å². The van der Waals surface area contributed by atoms with Crippen LogP contribution in [0.3, 0.4) is 0 Å². The molecule has 0 fully saturated rings. The summed E-state index contributed by atoms with van der Waals surface area (Å²) in [6, 6.07) is 9.84. The second-order valence-corrected chi connectivity index (χ2v) is 5.27. The Morgan fingerprint density at radius 1 is 1.29 bits per heavy atom. The molecule has 0 amide bonds. The van der Waals surface area contributed by atoms with Gasteiger partial charge in [-0.05, 0) is 11.5 Å². The molecule has 1 rings (SSSR count). The van der Waals surface area contributed by atoms with Crippen LogP contribution in [-0.2, 0) is 10.0 Å². The van der Waals surface area contributed by atoms with Gasteiger partial charge in [0.2, 0.25) is 10.0 Å². The lowest BCUT2D eigenvalue weighted by molar-refractivity contribution is 0.581. The monoisotopic (exact) mass is 213 g/mol. The van der Waals surface area contributed by atoms with E-state index in [9.17, 15) is 8.42 Å². The van der Waals surface area contributed by atoms with Crippen molar-refractivity contribution < 1.29 is 8.42 Å². The molecule has 1 unspecified atom stereocenters. The number of hydrogen-bond acceptors (Lipinski definition) is 2. The molecule has 0 saturated carbocycles. The Morgan fingerprint density at radius 2 is 1.86 bits per heavy atom. The average molecular weight is 213 g/mol. The van der Waals surface area contributed by atoms with Crippen LogP contribution in [0.5, 0.6) is 0 Å². The van der Waals surface area contributed by atoms with Crippen LogP contribution in [-0.4, -0.2) is 21.2 Å². The van der Waals surface area contributed by atoms with Crippen LogP contribution in [0.25, 0.3) is 0 Å². The van der Waals surface area contributed by atoms with E-state index in [2.05, 4.69) is 4.72 Å². The van der Waals surface area contributed by atoms with Crippen molar-refractivity contribution in [3.63, 3.8) is 0 Å². The van der Waals surface area contributed by atoms with Gasteiger partial charge in [0.25, 0.3) is 0 Å². The minimum atomic E-state index is -3.08. The molecule has 1 aromatic carbocycles. The normalized spacial score (nSPS) is 13.9. The minimum Gasteiger partial charge on any atom is -0.215 e. The van der Waals surface area contributed by atoms with E-state index in [1.54, 1.807) is 0 Å². The highest BCUT2D eigenvalue weighted by Crippen LogP contribution is 2.12. The third-order valence-corrected chi connectivity index (χ3v) is 2.71. The summed E-state index contributed by atoms with van der Waals surface area (Å²) < 4.78 is 24.2. The quantitative estimate of drug-likeness (QED) is 0.820. The van der Waals surface area contributed by atoms with Gasteiger partial charge in [0.15, 0.2) is 0 Å². The summed E-state index contributed by atoms with van der Waals surface area (Å²) in [5, 5.41) is 0. The van der Waals surface area contributed by atoms with Crippen LogP contribution in [0.1, 0.15) is 18.4 Å². The molecule has 1 N–H and O–H groups in total. The molecule has 0 spiro atoms. The molecule has 14 heavy (non-hydrogen) atoms. The number of rotatable bonds is 4. The zero-order valence-corrected chi connectivity index (χ0v) is 9.21. The SMILES string of the molecule is CC(CNS(C)(=O)=O)c1ccccc1. The van der Waals surface area contributed by atoms with Crippen molar-refractivity contribution in [2.24, 2.45) is 0 Å². The first-order chi connectivity index (χ1) is 6.49. The molecule has 0 saturated heterocycles. The first-order valence-corrected chi connectivity index (χ1v) is 6.38. The highest BCUT2D eigenvalue weighted by Gasteiger charge is 2.07. The number of hydrogen-bond donors (Lipinski definition) is 1. The van der Waals surface area contributed by atoms with E-state index in [4.69, 9.17) is 0 Å². The second kappa shape index (κ2) is 4.57. The van der Waals surface area contributed by atoms with Crippen LogP contribution in [0.4, 0.5) is 0 Å². The molecule has 4 heteroatoms. The van der Waals surface area contributed by atoms with E-state index in [1.165, 1.54) is 6.26 Å². The van der Waals surface area contributed by atoms with Crippen LogP contribution >= 0.6 is 0 Å². The van der Waals surface area contributed by atoms with Crippen LogP contribution in [0.15, 0.2) is 30.3 Å². The first-order valence-electron chi connectivity index (χ1n) is 4.48. The Bertz CT molecular complexity index is 372. The fourth-order valence-corrected chi connectivity index (χ4v) is 1.73. The molecular formula is C10H15NO2S. The number of nitrogens with one attached hydrogen (secondary N) is 1. The topological polar surface area (TPSA) is 46.2 Å². The molecule has 0 aliphatic carbocycles. The maximum absolute atomic E-state index is 10.9. The van der Waals surface area contributed by atoms with Crippen LogP contribution in [0.2, 0.25) is 0 Å². The maximum Gasteiger partial charge on any atom is 0.208 e. The van der Waals surface area contributed by atoms with Gasteiger partial charge in [-0.25, -0.2) is 13.1 Å². The van der Waals surface area contributed by atoms with Crippen molar-refractivity contribution in [1.82, 2.24) is 4.72 Å². The van der Waals surface area contributed by atoms with E-state index in [1.807, 2.05) is 37.3 Å². The lowest BCUT2D eigenvalue weighted by atomic mass is 10.0. The third kappa shape index (κ3) is 3.89. The molecule has 0 aliphatic heterocycles. The summed E-state index contributed by atoms with van der Waals surface area (Å²) in [6.45, 7) is 2.44. The minimum absolute atomic E-state index is 0.200. The van der Waals surface area contributed by atoms with Crippen LogP contribution < -0.4 is 4.72 Å². The largest absolute Gasteiger partial charge is 0.215 e. The Morgan fingerprint density at radius 3 is 2.36 bits per heavy atom. The summed E-state index contributed by atoms with van der Waals surface area (Å²) in [7, 11) is -3.08. The molecule has 0 radical (unpaired) electrons. The maximum atomic E-state index is 10.9. The average Bonchev–Trinajstić information content (AvgIpc) is 2.14. The van der Waals surface area contributed by atoms with E-state index in [0.717, 1.165) is 5.56 Å². The molecule has 1 aromatic rings. The molecule has 0 bridgehead atoms. The molecule has 78 valence electrons. The fraction of sp³-hybridized carbons (Fsp3) is 0.400. The molecular weight excluding hydrogens is 198 g/mol. The van der Waals surface area contributed by atoms with Gasteiger partial charge in [-0.2, -0.15) is 0 Å². The smallest absolute Gasteiger partial charge is 0.208 e. The Hall–Kier alpha value is -0.870. The first kappa shape index (κ1) is 11.2. The fourth-order valence-electron chi connectivity index (χ4n) is 1.18. The summed E-state index contributed by atoms with van der Waals surface area (Å²) in [5.74, 6) is 0.200. The highest BCUT2D eigenvalue weighted by atomic mass is 32.2. The Labute approximate surface area is 85.2 Å². The van der Waals surface area contributed by atoms with Crippen molar-refractivity contribution in [3.8, 4) is 0 Å². The summed E-state index contributed by atoms with van der Waals surface area (Å²) in [4.78, 5) is 0. The van der Waals surface area contributed by atoms with Crippen molar-refractivity contribution in [2.45, 2.75) is 12.8 Å². The predicted molar refractivity (Wildman–Crippen MR) is 57.7 cm³/mol. The van der Waals surface area contributed by atoms with E-state index in [-0.39, 0.29) is 5.92 Å². The zero-order chi connectivity index (χ0) is 10.6. The standard InChI is InChI=1S/C10H15NO2S/c1-9(8-11-14(2,12)13)10-6-4-3-5-7-10/h3-7,9,11H,8H2,1-2H3. The Balaban J connectivity index is 2.56. The molecule has 3 nitrogen and oxygen atoms in total. The Kier molecular flexibility index (Phi) is 3.66. The van der Waals surface area contributed by atoms with Crippen molar-refractivity contribution >= 4 is 10.0 Å². The van der Waals surface area contributed by atoms with Gasteiger partial charge in [0.05, 0.1) is 6.26 Å². The number of benzene rings is 1. The van der Waals surface area contributed by atoms with Gasteiger partial charge in [0, 0.05) is 6.54 Å². The lowest BCUT2D eigenvalue weighted by Crippen LogP contribution is -2.26. The third-order valence-electron chi connectivity index (χ3n) is 2.02. The molecule has 0 heterocycles. The van der Waals surface area contributed by atoms with Crippen molar-refractivity contribution in [2.75, 3.05) is 12.8 Å². The van der Waals surface area contributed by atoms with Gasteiger partial charge < -0.3 is 0 Å². The van der Waals surface area contributed by atoms with E-state index in [0.29, 0.717) is 6.54 Å². The van der Waals surface area contributed by atoms with Crippen molar-refractivity contribution in [3.05, 3.63) is 35.9 Å². The van der Waals surface area contributed by atoms with E-state index < -0.39 is 10.0 Å². The number of sulfonamides is 1. The zero-order valence-electron chi connectivity index (χ0n) is 8.40. The van der Waals surface area contributed by atoms with Gasteiger partial charge in [-0.1, -0.05) is 37.3 Å². The summed E-state index contributed by atoms with van der Waals surface area (Å²) in [5.41, 5.74) is 1.14. The van der Waals surface area contributed by atoms with Gasteiger partial charge >= 0.3 is 0 Å². The second-order valence-electron chi connectivity index (χ2n) is 3.43. The summed E-state index contributed by atoms with van der Waals surface area (Å²) >= 11 is 0. The van der Waals surface area contributed by atoms with Gasteiger partial charge in [0.1, 0.15) is 0 Å². The lowest BCUT2D eigenvalue weighted by Gasteiger charge is -2.11.